The smallest absolute Gasteiger partial charge is 0.216 e. The van der Waals surface area contributed by atoms with E-state index in [-0.39, 0.29) is 0 Å². The summed E-state index contributed by atoms with van der Waals surface area (Å²) in [5.74, 6) is 1.64. The highest BCUT2D eigenvalue weighted by Gasteiger charge is 2.04. The van der Waals surface area contributed by atoms with Gasteiger partial charge in [0.2, 0.25) is 4.77 Å². The lowest BCUT2D eigenvalue weighted by atomic mass is 10.1. The Labute approximate surface area is 145 Å². The van der Waals surface area contributed by atoms with Crippen LogP contribution in [0.1, 0.15) is 23.9 Å². The van der Waals surface area contributed by atoms with Crippen molar-refractivity contribution in [3.8, 4) is 5.75 Å². The minimum Gasteiger partial charge on any atom is -0.489 e. The molecule has 0 aliphatic carbocycles. The molecule has 0 bridgehead atoms. The molecule has 1 heterocycles. The van der Waals surface area contributed by atoms with Gasteiger partial charge in [0.1, 0.15) is 12.4 Å². The Morgan fingerprint density at radius 3 is 2.71 bits per heavy atom. The van der Waals surface area contributed by atoms with E-state index in [9.17, 15) is 0 Å². The maximum Gasteiger partial charge on any atom is 0.216 e. The summed E-state index contributed by atoms with van der Waals surface area (Å²) in [6, 6.07) is 17.7. The molecule has 0 atom stereocenters. The van der Waals surface area contributed by atoms with Crippen molar-refractivity contribution in [2.75, 3.05) is 0 Å². The van der Waals surface area contributed by atoms with Crippen LogP contribution in [0.25, 0.3) is 0 Å². The van der Waals surface area contributed by atoms with Gasteiger partial charge in [0.05, 0.1) is 6.21 Å². The van der Waals surface area contributed by atoms with Crippen molar-refractivity contribution in [2.24, 2.45) is 5.10 Å². The minimum absolute atomic E-state index is 0.476. The number of nitrogens with one attached hydrogen (secondary N) is 1. The molecule has 0 aliphatic rings. The molecule has 0 fully saturated rings. The Hall–Kier alpha value is -2.73. The molecule has 0 saturated carbocycles. The Morgan fingerprint density at radius 2 is 1.92 bits per heavy atom. The monoisotopic (exact) mass is 338 g/mol. The first kappa shape index (κ1) is 16.1. The van der Waals surface area contributed by atoms with Crippen LogP contribution in [0.4, 0.5) is 0 Å². The average Bonchev–Trinajstić information content (AvgIpc) is 2.99. The van der Waals surface area contributed by atoms with E-state index in [2.05, 4.69) is 15.3 Å². The van der Waals surface area contributed by atoms with Gasteiger partial charge in [0.25, 0.3) is 0 Å². The first-order valence-electron chi connectivity index (χ1n) is 7.74. The van der Waals surface area contributed by atoms with Crippen LogP contribution in [0, 0.1) is 4.77 Å². The first-order valence-corrected chi connectivity index (χ1v) is 8.15. The predicted molar refractivity (Wildman–Crippen MR) is 97.0 cm³/mol. The molecule has 2 aromatic carbocycles. The van der Waals surface area contributed by atoms with E-state index < -0.39 is 0 Å². The van der Waals surface area contributed by atoms with Gasteiger partial charge in [-0.15, -0.1) is 0 Å². The molecule has 0 saturated heterocycles. The number of hydrogen-bond donors (Lipinski definition) is 1. The van der Waals surface area contributed by atoms with Crippen molar-refractivity contribution in [3.63, 3.8) is 0 Å². The van der Waals surface area contributed by atoms with E-state index in [0.29, 0.717) is 11.4 Å². The molecule has 6 heteroatoms. The van der Waals surface area contributed by atoms with Crippen molar-refractivity contribution >= 4 is 18.4 Å². The van der Waals surface area contributed by atoms with E-state index >= 15 is 0 Å². The lowest BCUT2D eigenvalue weighted by Gasteiger charge is -2.08. The molecule has 0 radical (unpaired) electrons. The Balaban J connectivity index is 1.80. The highest BCUT2D eigenvalue weighted by Crippen LogP contribution is 2.14. The Morgan fingerprint density at radius 1 is 1.17 bits per heavy atom. The highest BCUT2D eigenvalue weighted by atomic mass is 32.1. The summed E-state index contributed by atoms with van der Waals surface area (Å²) in [4.78, 5) is 0. The molecular formula is C18H18N4OS. The van der Waals surface area contributed by atoms with Crippen LogP contribution in [0.2, 0.25) is 0 Å². The number of aromatic nitrogens is 3. The third kappa shape index (κ3) is 3.78. The number of H-pyrrole nitrogens is 1. The number of aryl methyl sites for hydroxylation is 1. The quantitative estimate of drug-likeness (QED) is 0.547. The summed E-state index contributed by atoms with van der Waals surface area (Å²) >= 11 is 5.21. The number of benzene rings is 2. The van der Waals surface area contributed by atoms with Crippen LogP contribution in [0.5, 0.6) is 5.75 Å². The maximum absolute atomic E-state index is 5.83. The van der Waals surface area contributed by atoms with Gasteiger partial charge < -0.3 is 4.74 Å². The zero-order valence-electron chi connectivity index (χ0n) is 13.3. The van der Waals surface area contributed by atoms with Gasteiger partial charge >= 0.3 is 0 Å². The number of para-hydroxylation sites is 1. The molecular weight excluding hydrogens is 320 g/mol. The molecule has 24 heavy (non-hydrogen) atoms. The van der Waals surface area contributed by atoms with E-state index in [4.69, 9.17) is 17.0 Å². The zero-order valence-corrected chi connectivity index (χ0v) is 14.2. The standard InChI is InChI=1S/C18H18N4OS/c1-2-17-20-21-18(24)22(17)19-12-14-8-6-7-9-15(14)13-23-16-10-4-3-5-11-16/h3-12H,2,13H2,1H3,(H,21,24)/b19-12-. The summed E-state index contributed by atoms with van der Waals surface area (Å²) in [5, 5.41) is 11.4. The lowest BCUT2D eigenvalue weighted by molar-refractivity contribution is 0.306. The number of nitrogens with zero attached hydrogens (tertiary/aromatic N) is 3. The molecule has 3 aromatic rings. The lowest BCUT2D eigenvalue weighted by Crippen LogP contribution is -2.02. The SMILES string of the molecule is CCc1n[nH]c(=S)n1/N=C\c1ccccc1COc1ccccc1. The molecule has 3 rings (SSSR count). The Kier molecular flexibility index (Phi) is 5.18. The molecule has 0 amide bonds. The molecule has 0 unspecified atom stereocenters. The topological polar surface area (TPSA) is 55.2 Å². The first-order chi connectivity index (χ1) is 11.8. The second kappa shape index (κ2) is 7.70. The highest BCUT2D eigenvalue weighted by molar-refractivity contribution is 7.71. The van der Waals surface area contributed by atoms with Gasteiger partial charge in [-0.25, -0.2) is 0 Å². The molecule has 1 aromatic heterocycles. The van der Waals surface area contributed by atoms with Gasteiger partial charge in [0.15, 0.2) is 5.82 Å². The van der Waals surface area contributed by atoms with Crippen LogP contribution in [0.15, 0.2) is 59.7 Å². The van der Waals surface area contributed by atoms with Crippen LogP contribution in [-0.2, 0) is 13.0 Å². The number of ether oxygens (including phenoxy) is 1. The van der Waals surface area contributed by atoms with Gasteiger partial charge in [-0.1, -0.05) is 49.4 Å². The molecule has 1 N–H and O–H groups in total. The fourth-order valence-corrected chi connectivity index (χ4v) is 2.46. The van der Waals surface area contributed by atoms with Crippen LogP contribution in [-0.4, -0.2) is 21.1 Å². The Bertz CT molecular complexity index is 883. The molecule has 122 valence electrons. The summed E-state index contributed by atoms with van der Waals surface area (Å²) in [7, 11) is 0. The zero-order chi connectivity index (χ0) is 16.8. The van der Waals surface area contributed by atoms with Gasteiger partial charge in [-0.2, -0.15) is 14.9 Å². The van der Waals surface area contributed by atoms with Gasteiger partial charge in [-0.05, 0) is 29.9 Å². The van der Waals surface area contributed by atoms with Gasteiger partial charge in [-0.3, -0.25) is 5.10 Å². The van der Waals surface area contributed by atoms with Crippen LogP contribution >= 0.6 is 12.2 Å². The predicted octanol–water partition coefficient (Wildman–Crippen LogP) is 3.96. The average molecular weight is 338 g/mol. The van der Waals surface area contributed by atoms with Crippen LogP contribution < -0.4 is 4.74 Å². The fraction of sp³-hybridized carbons (Fsp3) is 0.167. The molecule has 0 aliphatic heterocycles. The minimum atomic E-state index is 0.476. The van der Waals surface area contributed by atoms with Crippen molar-refractivity contribution < 1.29 is 4.74 Å². The third-order valence-corrected chi connectivity index (χ3v) is 3.80. The van der Waals surface area contributed by atoms with E-state index in [1.165, 1.54) is 0 Å². The number of rotatable bonds is 6. The fourth-order valence-electron chi connectivity index (χ4n) is 2.26. The van der Waals surface area contributed by atoms with Gasteiger partial charge in [0, 0.05) is 12.0 Å². The molecule has 5 nitrogen and oxygen atoms in total. The van der Waals surface area contributed by atoms with E-state index in [1.807, 2.05) is 61.5 Å². The second-order valence-corrected chi connectivity index (χ2v) is 5.54. The summed E-state index contributed by atoms with van der Waals surface area (Å²) in [5.41, 5.74) is 2.04. The number of hydrogen-bond acceptors (Lipinski definition) is 4. The van der Waals surface area contributed by atoms with E-state index in [1.54, 1.807) is 10.9 Å². The molecule has 0 spiro atoms. The second-order valence-electron chi connectivity index (χ2n) is 5.16. The van der Waals surface area contributed by atoms with E-state index in [0.717, 1.165) is 29.1 Å². The van der Waals surface area contributed by atoms with Crippen LogP contribution in [0.3, 0.4) is 0 Å². The summed E-state index contributed by atoms with van der Waals surface area (Å²) in [6.07, 6.45) is 2.54. The summed E-state index contributed by atoms with van der Waals surface area (Å²) in [6.45, 7) is 2.49. The van der Waals surface area contributed by atoms with Crippen molar-refractivity contribution in [2.45, 2.75) is 20.0 Å². The summed E-state index contributed by atoms with van der Waals surface area (Å²) < 4.78 is 7.96. The largest absolute Gasteiger partial charge is 0.489 e. The van der Waals surface area contributed by atoms with Crippen molar-refractivity contribution in [1.29, 1.82) is 0 Å². The van der Waals surface area contributed by atoms with Crippen molar-refractivity contribution in [3.05, 3.63) is 76.3 Å². The van der Waals surface area contributed by atoms with Crippen molar-refractivity contribution in [1.82, 2.24) is 14.9 Å². The normalized spacial score (nSPS) is 11.0. The third-order valence-electron chi connectivity index (χ3n) is 3.54. The maximum atomic E-state index is 5.83. The number of aromatic amines is 1.